The monoisotopic (exact) mass is 264 g/mol. The first-order valence-corrected chi connectivity index (χ1v) is 5.15. The van der Waals surface area contributed by atoms with Crippen molar-refractivity contribution in [3.05, 3.63) is 35.1 Å². The lowest BCUT2D eigenvalue weighted by Crippen LogP contribution is -2.23. The minimum atomic E-state index is -4.61. The molecule has 0 radical (unpaired) electrons. The molecule has 0 aliphatic heterocycles. The Kier molecular flexibility index (Phi) is 4.66. The van der Waals surface area contributed by atoms with Gasteiger partial charge >= 0.3 is 6.18 Å². The Morgan fingerprint density at radius 3 is 2.56 bits per heavy atom. The van der Waals surface area contributed by atoms with Crippen molar-refractivity contribution in [2.24, 2.45) is 5.73 Å². The molecule has 100 valence electrons. The normalized spacial score (nSPS) is 11.6. The van der Waals surface area contributed by atoms with Gasteiger partial charge in [0, 0.05) is 19.5 Å². The summed E-state index contributed by atoms with van der Waals surface area (Å²) in [6, 6.07) is 2.47. The van der Waals surface area contributed by atoms with Crippen LogP contribution < -0.4 is 11.1 Å². The quantitative estimate of drug-likeness (QED) is 0.629. The lowest BCUT2D eigenvalue weighted by Gasteiger charge is -2.13. The summed E-state index contributed by atoms with van der Waals surface area (Å²) in [4.78, 5) is 10.4. The Morgan fingerprint density at radius 1 is 1.33 bits per heavy atom. The maximum atomic E-state index is 12.8. The minimum absolute atomic E-state index is 0.0303. The summed E-state index contributed by atoms with van der Waals surface area (Å²) in [7, 11) is 0. The predicted octanol–water partition coefficient (Wildman–Crippen LogP) is 1.81. The number of halogens is 4. The molecule has 0 saturated heterocycles. The van der Waals surface area contributed by atoms with E-state index in [2.05, 4.69) is 5.32 Å². The number of primary amides is 1. The van der Waals surface area contributed by atoms with E-state index in [1.54, 1.807) is 0 Å². The van der Waals surface area contributed by atoms with E-state index in [4.69, 9.17) is 5.73 Å². The number of nitrogens with two attached hydrogens (primary N) is 1. The number of nitrogens with one attached hydrogen (secondary N) is 1. The summed E-state index contributed by atoms with van der Waals surface area (Å²) in [6.45, 7) is 0.0619. The smallest absolute Gasteiger partial charge is 0.370 e. The number of carbonyl (C=O) groups excluding carboxylic acids is 1. The van der Waals surface area contributed by atoms with Crippen LogP contribution in [0.2, 0.25) is 0 Å². The van der Waals surface area contributed by atoms with E-state index >= 15 is 0 Å². The highest BCUT2D eigenvalue weighted by molar-refractivity contribution is 5.73. The molecule has 7 heteroatoms. The fourth-order valence-corrected chi connectivity index (χ4v) is 1.40. The lowest BCUT2D eigenvalue weighted by atomic mass is 10.1. The van der Waals surface area contributed by atoms with Crippen molar-refractivity contribution in [1.29, 1.82) is 0 Å². The van der Waals surface area contributed by atoms with Crippen LogP contribution in [0.15, 0.2) is 18.2 Å². The first-order valence-electron chi connectivity index (χ1n) is 5.15. The van der Waals surface area contributed by atoms with Gasteiger partial charge in [-0.25, -0.2) is 4.39 Å². The summed E-state index contributed by atoms with van der Waals surface area (Å²) >= 11 is 0. The minimum Gasteiger partial charge on any atom is -0.370 e. The summed E-state index contributed by atoms with van der Waals surface area (Å²) in [5.41, 5.74) is 3.79. The van der Waals surface area contributed by atoms with Crippen molar-refractivity contribution >= 4 is 5.91 Å². The molecule has 3 N–H and O–H groups in total. The molecule has 0 spiro atoms. The van der Waals surface area contributed by atoms with E-state index in [-0.39, 0.29) is 25.1 Å². The van der Waals surface area contributed by atoms with Crippen molar-refractivity contribution in [3.8, 4) is 0 Å². The number of benzene rings is 1. The Bertz CT molecular complexity index is 432. The average molecular weight is 264 g/mol. The maximum Gasteiger partial charge on any atom is 0.416 e. The zero-order valence-corrected chi connectivity index (χ0v) is 9.35. The van der Waals surface area contributed by atoms with Crippen molar-refractivity contribution in [1.82, 2.24) is 5.32 Å². The SMILES string of the molecule is NC(=O)CCNCc1ccc(F)cc1C(F)(F)F. The molecular weight excluding hydrogens is 252 g/mol. The fourth-order valence-electron chi connectivity index (χ4n) is 1.40. The molecule has 1 amide bonds. The third kappa shape index (κ3) is 4.33. The van der Waals surface area contributed by atoms with Crippen molar-refractivity contribution in [3.63, 3.8) is 0 Å². The Labute approximate surface area is 101 Å². The first kappa shape index (κ1) is 14.4. The highest BCUT2D eigenvalue weighted by Gasteiger charge is 2.33. The molecule has 0 bridgehead atoms. The van der Waals surface area contributed by atoms with Gasteiger partial charge in [0.2, 0.25) is 5.91 Å². The molecule has 0 atom stereocenters. The van der Waals surface area contributed by atoms with Gasteiger partial charge in [0.05, 0.1) is 5.56 Å². The van der Waals surface area contributed by atoms with Gasteiger partial charge in [0.15, 0.2) is 0 Å². The number of alkyl halides is 3. The first-order chi connectivity index (χ1) is 8.30. The third-order valence-corrected chi connectivity index (χ3v) is 2.24. The van der Waals surface area contributed by atoms with E-state index in [0.717, 1.165) is 12.1 Å². The van der Waals surface area contributed by atoms with Crippen LogP contribution in [-0.4, -0.2) is 12.5 Å². The van der Waals surface area contributed by atoms with Crippen LogP contribution in [0, 0.1) is 5.82 Å². The molecule has 18 heavy (non-hydrogen) atoms. The van der Waals surface area contributed by atoms with Crippen LogP contribution in [0.5, 0.6) is 0 Å². The van der Waals surface area contributed by atoms with Crippen LogP contribution in [0.4, 0.5) is 17.6 Å². The summed E-state index contributed by atoms with van der Waals surface area (Å²) in [5.74, 6) is -1.49. The topological polar surface area (TPSA) is 55.1 Å². The van der Waals surface area contributed by atoms with Gasteiger partial charge in [0.25, 0.3) is 0 Å². The molecule has 0 saturated carbocycles. The molecule has 0 fully saturated rings. The standard InChI is InChI=1S/C11H12F4N2O/c12-8-2-1-7(6-17-4-3-10(16)18)9(5-8)11(13,14)15/h1-2,5,17H,3-4,6H2,(H2,16,18). The third-order valence-electron chi connectivity index (χ3n) is 2.24. The number of carbonyl (C=O) groups is 1. The molecule has 1 rings (SSSR count). The van der Waals surface area contributed by atoms with Crippen LogP contribution in [0.3, 0.4) is 0 Å². The second-order valence-corrected chi connectivity index (χ2v) is 3.69. The summed E-state index contributed by atoms with van der Waals surface area (Å²) in [5, 5.41) is 2.64. The van der Waals surface area contributed by atoms with Gasteiger partial charge in [-0.1, -0.05) is 6.07 Å². The number of rotatable bonds is 5. The molecule has 0 heterocycles. The number of hydrogen-bond acceptors (Lipinski definition) is 2. The summed E-state index contributed by atoms with van der Waals surface area (Å²) in [6.07, 6.45) is -4.58. The van der Waals surface area contributed by atoms with Crippen LogP contribution in [0.25, 0.3) is 0 Å². The van der Waals surface area contributed by atoms with E-state index < -0.39 is 23.5 Å². The second kappa shape index (κ2) is 5.81. The Morgan fingerprint density at radius 2 is 2.00 bits per heavy atom. The van der Waals surface area contributed by atoms with Crippen LogP contribution in [0.1, 0.15) is 17.5 Å². The Hall–Kier alpha value is -1.63. The van der Waals surface area contributed by atoms with E-state index in [1.807, 2.05) is 0 Å². The van der Waals surface area contributed by atoms with Crippen molar-refractivity contribution in [2.75, 3.05) is 6.54 Å². The molecule has 3 nitrogen and oxygen atoms in total. The van der Waals surface area contributed by atoms with Gasteiger partial charge in [-0.05, 0) is 17.7 Å². The largest absolute Gasteiger partial charge is 0.416 e. The molecule has 0 unspecified atom stereocenters. The zero-order chi connectivity index (χ0) is 13.8. The number of amides is 1. The van der Waals surface area contributed by atoms with Crippen molar-refractivity contribution in [2.45, 2.75) is 19.1 Å². The van der Waals surface area contributed by atoms with E-state index in [1.165, 1.54) is 0 Å². The van der Waals surface area contributed by atoms with Crippen LogP contribution >= 0.6 is 0 Å². The molecule has 1 aromatic rings. The second-order valence-electron chi connectivity index (χ2n) is 3.69. The van der Waals surface area contributed by atoms with Gasteiger partial charge in [0.1, 0.15) is 5.82 Å². The Balaban J connectivity index is 2.73. The molecule has 1 aromatic carbocycles. The maximum absolute atomic E-state index is 12.8. The van der Waals surface area contributed by atoms with Gasteiger partial charge in [-0.2, -0.15) is 13.2 Å². The van der Waals surface area contributed by atoms with Gasteiger partial charge < -0.3 is 11.1 Å². The molecule has 0 aromatic heterocycles. The number of hydrogen-bond donors (Lipinski definition) is 2. The molecule has 0 aliphatic rings. The fraction of sp³-hybridized carbons (Fsp3) is 0.364. The summed E-state index contributed by atoms with van der Waals surface area (Å²) < 4.78 is 50.6. The van der Waals surface area contributed by atoms with Crippen LogP contribution in [-0.2, 0) is 17.5 Å². The zero-order valence-electron chi connectivity index (χ0n) is 9.35. The molecular formula is C11H12F4N2O. The highest BCUT2D eigenvalue weighted by atomic mass is 19.4. The average Bonchev–Trinajstić information content (AvgIpc) is 2.24. The van der Waals surface area contributed by atoms with E-state index in [9.17, 15) is 22.4 Å². The lowest BCUT2D eigenvalue weighted by molar-refractivity contribution is -0.138. The highest BCUT2D eigenvalue weighted by Crippen LogP contribution is 2.32. The van der Waals surface area contributed by atoms with Gasteiger partial charge in [-0.3, -0.25) is 4.79 Å². The van der Waals surface area contributed by atoms with Crippen molar-refractivity contribution < 1.29 is 22.4 Å². The van der Waals surface area contributed by atoms with E-state index in [0.29, 0.717) is 6.07 Å². The predicted molar refractivity (Wildman–Crippen MR) is 56.9 cm³/mol. The molecule has 0 aliphatic carbocycles. The van der Waals surface area contributed by atoms with Gasteiger partial charge in [-0.15, -0.1) is 0 Å².